The molecule has 0 radical (unpaired) electrons. The van der Waals surface area contributed by atoms with Crippen LogP contribution in [0.4, 0.5) is 17.5 Å². The van der Waals surface area contributed by atoms with Crippen LogP contribution in [0.25, 0.3) is 0 Å². The van der Waals surface area contributed by atoms with Gasteiger partial charge in [-0.15, -0.1) is 0 Å². The molecule has 3 rings (SSSR count). The number of nitrogens with zero attached hydrogens (tertiary/aromatic N) is 4. The second-order valence-electron chi connectivity index (χ2n) is 5.79. The maximum absolute atomic E-state index is 11.3. The highest BCUT2D eigenvalue weighted by Crippen LogP contribution is 2.18. The first-order chi connectivity index (χ1) is 11.1. The van der Waals surface area contributed by atoms with E-state index in [-0.39, 0.29) is 5.78 Å². The van der Waals surface area contributed by atoms with Crippen LogP contribution in [0.3, 0.4) is 0 Å². The second-order valence-corrected chi connectivity index (χ2v) is 5.79. The van der Waals surface area contributed by atoms with E-state index in [1.807, 2.05) is 18.2 Å². The lowest BCUT2D eigenvalue weighted by Gasteiger charge is -2.33. The van der Waals surface area contributed by atoms with Crippen molar-refractivity contribution in [3.63, 3.8) is 0 Å². The summed E-state index contributed by atoms with van der Waals surface area (Å²) in [4.78, 5) is 24.8. The van der Waals surface area contributed by atoms with E-state index >= 15 is 0 Å². The highest BCUT2D eigenvalue weighted by Gasteiger charge is 2.15. The number of hydrogen-bond donors (Lipinski definition) is 1. The largest absolute Gasteiger partial charge is 0.354 e. The number of carbonyl (C=O) groups is 1. The van der Waals surface area contributed by atoms with Crippen LogP contribution in [-0.2, 0) is 0 Å². The number of rotatable bonds is 4. The van der Waals surface area contributed by atoms with E-state index in [0.717, 1.165) is 37.7 Å². The number of carbonyl (C=O) groups excluding carboxylic acids is 1. The van der Waals surface area contributed by atoms with Crippen LogP contribution in [0, 0.1) is 0 Å². The zero-order valence-corrected chi connectivity index (χ0v) is 13.5. The molecule has 0 atom stereocenters. The van der Waals surface area contributed by atoms with E-state index in [1.54, 1.807) is 25.3 Å². The molecule has 0 bridgehead atoms. The summed E-state index contributed by atoms with van der Waals surface area (Å²) in [6, 6.07) is 9.27. The Morgan fingerprint density at radius 2 is 1.78 bits per heavy atom. The van der Waals surface area contributed by atoms with E-state index in [1.165, 1.54) is 0 Å². The quantitative estimate of drug-likeness (QED) is 0.873. The lowest BCUT2D eigenvalue weighted by molar-refractivity contribution is 0.101. The number of aromatic nitrogens is 2. The molecule has 0 amide bonds. The molecule has 0 spiro atoms. The maximum Gasteiger partial charge on any atom is 0.229 e. The monoisotopic (exact) mass is 311 g/mol. The normalized spacial score (nSPS) is 15.5. The van der Waals surface area contributed by atoms with Crippen molar-refractivity contribution >= 4 is 23.2 Å². The standard InChI is InChI=1S/C17H21N5O/c1-13(23)14-3-5-15(6-4-14)19-17-18-8-7-16(20-17)22-11-9-21(2)10-12-22/h3-8H,9-12H2,1-2H3,(H,18,19,20). The summed E-state index contributed by atoms with van der Waals surface area (Å²) in [5.74, 6) is 1.57. The molecule has 2 aromatic rings. The molecule has 1 aromatic carbocycles. The van der Waals surface area contributed by atoms with E-state index < -0.39 is 0 Å². The van der Waals surface area contributed by atoms with Crippen molar-refractivity contribution in [2.24, 2.45) is 0 Å². The molecule has 1 aliphatic heterocycles. The van der Waals surface area contributed by atoms with E-state index in [0.29, 0.717) is 11.5 Å². The molecule has 1 aliphatic rings. The van der Waals surface area contributed by atoms with Crippen LogP contribution in [0.1, 0.15) is 17.3 Å². The molecule has 120 valence electrons. The minimum absolute atomic E-state index is 0.0601. The van der Waals surface area contributed by atoms with Crippen LogP contribution in [0.5, 0.6) is 0 Å². The van der Waals surface area contributed by atoms with E-state index in [2.05, 4.69) is 32.1 Å². The number of anilines is 3. The van der Waals surface area contributed by atoms with Gasteiger partial charge in [-0.25, -0.2) is 4.98 Å². The average molecular weight is 311 g/mol. The lowest BCUT2D eigenvalue weighted by Crippen LogP contribution is -2.44. The summed E-state index contributed by atoms with van der Waals surface area (Å²) in [5.41, 5.74) is 1.56. The Bertz CT molecular complexity index is 678. The zero-order chi connectivity index (χ0) is 16.2. The Hall–Kier alpha value is -2.47. The van der Waals surface area contributed by atoms with Gasteiger partial charge in [0.05, 0.1) is 0 Å². The molecule has 6 nitrogen and oxygen atoms in total. The van der Waals surface area contributed by atoms with Crippen molar-refractivity contribution in [1.29, 1.82) is 0 Å². The Morgan fingerprint density at radius 1 is 1.09 bits per heavy atom. The highest BCUT2D eigenvalue weighted by molar-refractivity contribution is 5.94. The van der Waals surface area contributed by atoms with Crippen molar-refractivity contribution in [2.45, 2.75) is 6.92 Å². The Morgan fingerprint density at radius 3 is 2.43 bits per heavy atom. The van der Waals surface area contributed by atoms with Crippen LogP contribution in [0.2, 0.25) is 0 Å². The van der Waals surface area contributed by atoms with Crippen LogP contribution in [0.15, 0.2) is 36.5 Å². The molecular weight excluding hydrogens is 290 g/mol. The van der Waals surface area contributed by atoms with Gasteiger partial charge in [0.25, 0.3) is 0 Å². The predicted molar refractivity (Wildman–Crippen MR) is 91.5 cm³/mol. The SMILES string of the molecule is CC(=O)c1ccc(Nc2nccc(N3CCN(C)CC3)n2)cc1. The Labute approximate surface area is 136 Å². The van der Waals surface area contributed by atoms with Gasteiger partial charge in [0, 0.05) is 43.6 Å². The van der Waals surface area contributed by atoms with E-state index in [9.17, 15) is 4.79 Å². The van der Waals surface area contributed by atoms with Crippen LogP contribution < -0.4 is 10.2 Å². The third kappa shape index (κ3) is 3.84. The molecule has 1 fully saturated rings. The molecule has 23 heavy (non-hydrogen) atoms. The smallest absolute Gasteiger partial charge is 0.229 e. The molecule has 1 N–H and O–H groups in total. The average Bonchev–Trinajstić information content (AvgIpc) is 2.56. The minimum atomic E-state index is 0.0601. The number of piperazine rings is 1. The summed E-state index contributed by atoms with van der Waals surface area (Å²) in [5, 5.41) is 3.19. The summed E-state index contributed by atoms with van der Waals surface area (Å²) >= 11 is 0. The molecule has 2 heterocycles. The van der Waals surface area contributed by atoms with Gasteiger partial charge in [-0.3, -0.25) is 4.79 Å². The van der Waals surface area contributed by atoms with Gasteiger partial charge >= 0.3 is 0 Å². The van der Waals surface area contributed by atoms with Crippen molar-refractivity contribution in [3.8, 4) is 0 Å². The number of hydrogen-bond acceptors (Lipinski definition) is 6. The van der Waals surface area contributed by atoms with E-state index in [4.69, 9.17) is 0 Å². The van der Waals surface area contributed by atoms with Gasteiger partial charge in [-0.1, -0.05) is 0 Å². The van der Waals surface area contributed by atoms with Crippen molar-refractivity contribution in [3.05, 3.63) is 42.1 Å². The number of likely N-dealkylation sites (N-methyl/N-ethyl adjacent to an activating group) is 1. The molecular formula is C17H21N5O. The Kier molecular flexibility index (Phi) is 4.52. The highest BCUT2D eigenvalue weighted by atomic mass is 16.1. The maximum atomic E-state index is 11.3. The third-order valence-corrected chi connectivity index (χ3v) is 4.02. The first kappa shape index (κ1) is 15.4. The number of ketones is 1. The number of nitrogens with one attached hydrogen (secondary N) is 1. The second kappa shape index (κ2) is 6.75. The van der Waals surface area contributed by atoms with Gasteiger partial charge in [0.15, 0.2) is 5.78 Å². The molecule has 1 saturated heterocycles. The lowest BCUT2D eigenvalue weighted by atomic mass is 10.1. The van der Waals surface area contributed by atoms with Crippen molar-refractivity contribution in [2.75, 3.05) is 43.4 Å². The minimum Gasteiger partial charge on any atom is -0.354 e. The summed E-state index contributed by atoms with van der Waals surface area (Å²) in [6.45, 7) is 5.59. The molecule has 6 heteroatoms. The van der Waals surface area contributed by atoms with Gasteiger partial charge in [0.2, 0.25) is 5.95 Å². The summed E-state index contributed by atoms with van der Waals surface area (Å²) < 4.78 is 0. The summed E-state index contributed by atoms with van der Waals surface area (Å²) in [7, 11) is 2.13. The molecule has 0 unspecified atom stereocenters. The topological polar surface area (TPSA) is 61.4 Å². The fourth-order valence-electron chi connectivity index (χ4n) is 2.54. The Balaban J connectivity index is 1.71. The number of Topliss-reactive ketones (excluding diaryl/α,β-unsaturated/α-hetero) is 1. The van der Waals surface area contributed by atoms with Gasteiger partial charge < -0.3 is 15.1 Å². The zero-order valence-electron chi connectivity index (χ0n) is 13.5. The van der Waals surface area contributed by atoms with Gasteiger partial charge in [0.1, 0.15) is 5.82 Å². The van der Waals surface area contributed by atoms with Crippen LogP contribution >= 0.6 is 0 Å². The predicted octanol–water partition coefficient (Wildman–Crippen LogP) is 2.17. The number of benzene rings is 1. The van der Waals surface area contributed by atoms with Crippen molar-refractivity contribution in [1.82, 2.24) is 14.9 Å². The van der Waals surface area contributed by atoms with Crippen LogP contribution in [-0.4, -0.2) is 53.9 Å². The summed E-state index contributed by atoms with van der Waals surface area (Å²) in [6.07, 6.45) is 1.77. The first-order valence-electron chi connectivity index (χ1n) is 7.76. The first-order valence-corrected chi connectivity index (χ1v) is 7.76. The molecule has 0 aliphatic carbocycles. The molecule has 0 saturated carbocycles. The van der Waals surface area contributed by atoms with Crippen molar-refractivity contribution < 1.29 is 4.79 Å². The van der Waals surface area contributed by atoms with Gasteiger partial charge in [-0.2, -0.15) is 4.98 Å². The van der Waals surface area contributed by atoms with Gasteiger partial charge in [-0.05, 0) is 44.3 Å². The molecule has 1 aromatic heterocycles. The third-order valence-electron chi connectivity index (χ3n) is 4.02. The fraction of sp³-hybridized carbons (Fsp3) is 0.353. The fourth-order valence-corrected chi connectivity index (χ4v) is 2.54.